The molecule has 2 amide bonds. The van der Waals surface area contributed by atoms with E-state index in [4.69, 9.17) is 14.6 Å². The van der Waals surface area contributed by atoms with Gasteiger partial charge in [0.2, 0.25) is 0 Å². The number of allylic oxidation sites excluding steroid dienone is 1. The predicted octanol–water partition coefficient (Wildman–Crippen LogP) is 6.56. The van der Waals surface area contributed by atoms with Crippen LogP contribution in [-0.4, -0.2) is 86.1 Å². The summed E-state index contributed by atoms with van der Waals surface area (Å²) >= 11 is -1.67. The Kier molecular flexibility index (Phi) is 10.2. The van der Waals surface area contributed by atoms with E-state index in [-0.39, 0.29) is 18.1 Å². The lowest BCUT2D eigenvalue weighted by Gasteiger charge is -2.35. The van der Waals surface area contributed by atoms with Crippen molar-refractivity contribution < 1.29 is 23.3 Å². The molecule has 2 aliphatic heterocycles. The number of aromatic nitrogens is 3. The third-order valence-corrected chi connectivity index (χ3v) is 11.7. The molecular formula is C40H50N6O5S. The van der Waals surface area contributed by atoms with Gasteiger partial charge in [-0.3, -0.25) is 19.0 Å². The highest BCUT2D eigenvalue weighted by molar-refractivity contribution is 7.81. The Labute approximate surface area is 308 Å². The largest absolute Gasteiger partial charge is 0.497 e. The summed E-state index contributed by atoms with van der Waals surface area (Å²) in [5, 5.41) is 6.05. The SMILES string of the molecule is CCn1nc(C)c(C(=O)N2C[C@@H](C)O[C@@H](C)C2)c1C1=Cc2cc(OC)ccc2-c2c(C3CCCCC3)c3ccc(C(=O)NS(=O)N(C)C)cc3n2C1. The van der Waals surface area contributed by atoms with Crippen LogP contribution in [0.4, 0.5) is 0 Å². The van der Waals surface area contributed by atoms with Gasteiger partial charge in [0.25, 0.3) is 11.8 Å². The number of hydrogen-bond acceptors (Lipinski definition) is 6. The third kappa shape index (κ3) is 6.60. The van der Waals surface area contributed by atoms with Crippen molar-refractivity contribution in [2.24, 2.45) is 0 Å². The van der Waals surface area contributed by atoms with Crippen molar-refractivity contribution in [2.45, 2.75) is 91.0 Å². The van der Waals surface area contributed by atoms with E-state index in [1.165, 1.54) is 29.1 Å². The maximum atomic E-state index is 14.6. The van der Waals surface area contributed by atoms with Gasteiger partial charge in [-0.25, -0.2) is 8.51 Å². The van der Waals surface area contributed by atoms with Crippen molar-refractivity contribution in [3.05, 3.63) is 70.0 Å². The van der Waals surface area contributed by atoms with Gasteiger partial charge in [-0.2, -0.15) is 5.10 Å². The molecule has 7 rings (SSSR count). The molecule has 3 aliphatic rings. The van der Waals surface area contributed by atoms with Gasteiger partial charge in [-0.1, -0.05) is 25.3 Å². The molecule has 0 spiro atoms. The zero-order valence-corrected chi connectivity index (χ0v) is 32.1. The van der Waals surface area contributed by atoms with Crippen LogP contribution in [0, 0.1) is 6.92 Å². The van der Waals surface area contributed by atoms with Crippen molar-refractivity contribution in [3.63, 3.8) is 0 Å². The van der Waals surface area contributed by atoms with Gasteiger partial charge in [0.15, 0.2) is 11.2 Å². The fourth-order valence-electron chi connectivity index (χ4n) is 8.45. The molecule has 52 heavy (non-hydrogen) atoms. The Morgan fingerprint density at radius 3 is 2.44 bits per heavy atom. The predicted molar refractivity (Wildman–Crippen MR) is 205 cm³/mol. The zero-order valence-electron chi connectivity index (χ0n) is 31.3. The van der Waals surface area contributed by atoms with Crippen LogP contribution < -0.4 is 9.46 Å². The maximum absolute atomic E-state index is 14.6. The van der Waals surface area contributed by atoms with Crippen molar-refractivity contribution in [2.75, 3.05) is 34.3 Å². The van der Waals surface area contributed by atoms with E-state index in [9.17, 15) is 13.8 Å². The second kappa shape index (κ2) is 14.6. The molecule has 2 aromatic heterocycles. The van der Waals surface area contributed by atoms with Crippen LogP contribution >= 0.6 is 0 Å². The lowest BCUT2D eigenvalue weighted by molar-refractivity contribution is -0.0586. The Bertz CT molecular complexity index is 2080. The Hall–Kier alpha value is -4.26. The number of hydrogen-bond donors (Lipinski definition) is 1. The number of benzene rings is 2. The van der Waals surface area contributed by atoms with Crippen LogP contribution in [0.25, 0.3) is 33.8 Å². The molecule has 1 aliphatic carbocycles. The standard InChI is InChI=1S/C40H50N6O5S/c1-8-46-37(35(26(4)41-46)40(48)44-21-24(2)51-25(3)22-44)30-18-29-19-31(50-7)15-17-32(29)38-36(27-12-10-9-11-13-27)33-16-14-28(20-34(33)45(38)23-30)39(47)42-52(49)43(5)6/h14-20,24-25,27H,8-13,21-23H2,1-7H3,(H,42,47)/t24-,25+,52?. The first-order valence-corrected chi connectivity index (χ1v) is 19.6. The summed E-state index contributed by atoms with van der Waals surface area (Å²) in [6.07, 6.45) is 7.83. The molecule has 1 saturated carbocycles. The first-order valence-electron chi connectivity index (χ1n) is 18.5. The van der Waals surface area contributed by atoms with Gasteiger partial charge < -0.3 is 18.9 Å². The normalized spacial score (nSPS) is 19.9. The van der Waals surface area contributed by atoms with Crippen molar-refractivity contribution in [1.29, 1.82) is 0 Å². The maximum Gasteiger partial charge on any atom is 0.264 e. The van der Waals surface area contributed by atoms with E-state index in [0.29, 0.717) is 48.9 Å². The molecule has 276 valence electrons. The quantitative estimate of drug-likeness (QED) is 0.220. The molecule has 1 N–H and O–H groups in total. The molecule has 0 radical (unpaired) electrons. The monoisotopic (exact) mass is 726 g/mol. The van der Waals surface area contributed by atoms with E-state index in [0.717, 1.165) is 57.6 Å². The third-order valence-electron chi connectivity index (χ3n) is 10.7. The minimum absolute atomic E-state index is 0.0430. The van der Waals surface area contributed by atoms with Crippen LogP contribution in [0.2, 0.25) is 0 Å². The van der Waals surface area contributed by atoms with E-state index in [2.05, 4.69) is 40.5 Å². The number of rotatable bonds is 8. The minimum atomic E-state index is -1.67. The lowest BCUT2D eigenvalue weighted by Crippen LogP contribution is -2.48. The van der Waals surface area contributed by atoms with Crippen molar-refractivity contribution in [3.8, 4) is 17.0 Å². The molecular weight excluding hydrogens is 677 g/mol. The summed E-state index contributed by atoms with van der Waals surface area (Å²) in [5.74, 6) is 0.660. The molecule has 11 nitrogen and oxygen atoms in total. The average molecular weight is 727 g/mol. The fraction of sp³-hybridized carbons (Fsp3) is 0.475. The molecule has 2 fully saturated rings. The molecule has 0 bridgehead atoms. The topological polar surface area (TPSA) is 111 Å². The molecule has 1 saturated heterocycles. The van der Waals surface area contributed by atoms with Gasteiger partial charge >= 0.3 is 0 Å². The smallest absolute Gasteiger partial charge is 0.264 e. The highest BCUT2D eigenvalue weighted by Crippen LogP contribution is 2.48. The first kappa shape index (κ1) is 36.1. The molecule has 12 heteroatoms. The molecule has 3 atom stereocenters. The van der Waals surface area contributed by atoms with Gasteiger partial charge in [0.05, 0.1) is 48.5 Å². The summed E-state index contributed by atoms with van der Waals surface area (Å²) in [6, 6.07) is 12.1. The van der Waals surface area contributed by atoms with Gasteiger partial charge in [-0.15, -0.1) is 0 Å². The van der Waals surface area contributed by atoms with Crippen LogP contribution in [0.3, 0.4) is 0 Å². The van der Waals surface area contributed by atoms with Crippen LogP contribution in [0.5, 0.6) is 5.75 Å². The highest BCUT2D eigenvalue weighted by atomic mass is 32.2. The van der Waals surface area contributed by atoms with Gasteiger partial charge in [-0.05, 0) is 99.6 Å². The minimum Gasteiger partial charge on any atom is -0.497 e. The zero-order chi connectivity index (χ0) is 36.8. The van der Waals surface area contributed by atoms with E-state index in [1.807, 2.05) is 48.6 Å². The van der Waals surface area contributed by atoms with Crippen molar-refractivity contribution >= 4 is 45.5 Å². The van der Waals surface area contributed by atoms with Crippen LogP contribution in [0.15, 0.2) is 36.4 Å². The number of nitrogens with zero attached hydrogens (tertiary/aromatic N) is 5. The molecule has 1 unspecified atom stereocenters. The Morgan fingerprint density at radius 2 is 1.77 bits per heavy atom. The fourth-order valence-corrected chi connectivity index (χ4v) is 8.91. The summed E-state index contributed by atoms with van der Waals surface area (Å²) in [7, 11) is 5.00. The second-order valence-corrected chi connectivity index (χ2v) is 16.1. The number of ether oxygens (including phenoxy) is 2. The lowest BCUT2D eigenvalue weighted by atomic mass is 9.81. The number of methoxy groups -OCH3 is 1. The van der Waals surface area contributed by atoms with Gasteiger partial charge in [0.1, 0.15) is 5.75 Å². The molecule has 2 aromatic carbocycles. The summed E-state index contributed by atoms with van der Waals surface area (Å²) in [6.45, 7) is 10.0. The van der Waals surface area contributed by atoms with E-state index < -0.39 is 17.1 Å². The molecule has 4 aromatic rings. The number of carbonyl (C=O) groups is 2. The number of nitrogens with one attached hydrogen (secondary N) is 1. The number of aryl methyl sites for hydroxylation is 2. The van der Waals surface area contributed by atoms with Crippen molar-refractivity contribution in [1.82, 2.24) is 28.3 Å². The number of carbonyl (C=O) groups excluding carboxylic acids is 2. The highest BCUT2D eigenvalue weighted by Gasteiger charge is 2.35. The van der Waals surface area contributed by atoms with Gasteiger partial charge in [0, 0.05) is 55.8 Å². The Balaban J connectivity index is 1.46. The second-order valence-electron chi connectivity index (χ2n) is 14.6. The first-order chi connectivity index (χ1) is 25.0. The average Bonchev–Trinajstić information content (AvgIpc) is 3.58. The van der Waals surface area contributed by atoms with E-state index >= 15 is 0 Å². The summed E-state index contributed by atoms with van der Waals surface area (Å²) < 4.78 is 32.7. The Morgan fingerprint density at radius 1 is 1.04 bits per heavy atom. The van der Waals surface area contributed by atoms with E-state index in [1.54, 1.807) is 21.2 Å². The molecule has 4 heterocycles. The number of amides is 2. The van der Waals surface area contributed by atoms with Crippen LogP contribution in [-0.2, 0) is 29.0 Å². The number of morpholine rings is 1. The summed E-state index contributed by atoms with van der Waals surface area (Å²) in [5.41, 5.74) is 8.92. The summed E-state index contributed by atoms with van der Waals surface area (Å²) in [4.78, 5) is 29.9. The number of fused-ring (bicyclic) bond motifs is 5. The van der Waals surface area contributed by atoms with Crippen LogP contribution in [0.1, 0.15) is 102 Å².